The molecule has 0 radical (unpaired) electrons. The van der Waals surface area contributed by atoms with Crippen molar-refractivity contribution in [1.82, 2.24) is 0 Å². The highest BCUT2D eigenvalue weighted by molar-refractivity contribution is 4.99. The average molecular weight is 146 g/mol. The summed E-state index contributed by atoms with van der Waals surface area (Å²) in [5, 5.41) is 8.72. The van der Waals surface area contributed by atoms with Crippen LogP contribution in [-0.4, -0.2) is 43.4 Å². The van der Waals surface area contributed by atoms with Gasteiger partial charge in [-0.3, -0.25) is 0 Å². The maximum Gasteiger partial charge on any atom is 0.186 e. The van der Waals surface area contributed by atoms with E-state index in [0.717, 1.165) is 0 Å². The number of hydrogen-bond donors (Lipinski definition) is 1. The Bertz CT molecular complexity index is 124. The largest absolute Gasteiger partial charge is 0.394 e. The lowest BCUT2D eigenvalue weighted by atomic mass is 10.2. The molecule has 1 unspecified atom stereocenters. The summed E-state index contributed by atoms with van der Waals surface area (Å²) in [5.41, 5.74) is 0. The maximum absolute atomic E-state index is 8.72. The topological polar surface area (TPSA) is 51.2 Å². The van der Waals surface area contributed by atoms with E-state index >= 15 is 0 Å². The standard InChI is InChI=1S/C6H10O4/c1-8-6-5-4(10-5)3(2-7)9-6/h3-7H,2H2,1H3/t3-,4+,5?,6-/m1/s1. The van der Waals surface area contributed by atoms with Gasteiger partial charge >= 0.3 is 0 Å². The Morgan fingerprint density at radius 1 is 1.40 bits per heavy atom. The lowest BCUT2D eigenvalue weighted by molar-refractivity contribution is -0.166. The molecule has 4 nitrogen and oxygen atoms in total. The average Bonchev–Trinajstić information content (AvgIpc) is 2.67. The molecule has 10 heavy (non-hydrogen) atoms. The number of epoxide rings is 1. The fourth-order valence-corrected chi connectivity index (χ4v) is 1.32. The fraction of sp³-hybridized carbons (Fsp3) is 1.00. The fourth-order valence-electron chi connectivity index (χ4n) is 1.32. The zero-order valence-electron chi connectivity index (χ0n) is 5.69. The van der Waals surface area contributed by atoms with E-state index in [9.17, 15) is 0 Å². The zero-order chi connectivity index (χ0) is 7.14. The predicted octanol–water partition coefficient (Wildman–Crippen LogP) is -0.883. The summed E-state index contributed by atoms with van der Waals surface area (Å²) >= 11 is 0. The Morgan fingerprint density at radius 3 is 2.60 bits per heavy atom. The van der Waals surface area contributed by atoms with Crippen molar-refractivity contribution in [3.8, 4) is 0 Å². The second kappa shape index (κ2) is 2.17. The quantitative estimate of drug-likeness (QED) is 0.514. The number of fused-ring (bicyclic) bond motifs is 1. The molecular weight excluding hydrogens is 136 g/mol. The summed E-state index contributed by atoms with van der Waals surface area (Å²) in [4.78, 5) is 0. The zero-order valence-corrected chi connectivity index (χ0v) is 5.69. The van der Waals surface area contributed by atoms with Crippen molar-refractivity contribution in [3.63, 3.8) is 0 Å². The monoisotopic (exact) mass is 146 g/mol. The van der Waals surface area contributed by atoms with Gasteiger partial charge in [0.05, 0.1) is 6.61 Å². The minimum atomic E-state index is -0.262. The van der Waals surface area contributed by atoms with Crippen LogP contribution in [0.25, 0.3) is 0 Å². The van der Waals surface area contributed by atoms with Gasteiger partial charge in [-0.25, -0.2) is 0 Å². The highest BCUT2D eigenvalue weighted by Crippen LogP contribution is 2.38. The van der Waals surface area contributed by atoms with Gasteiger partial charge in [0, 0.05) is 7.11 Å². The Labute approximate surface area is 58.7 Å². The molecule has 2 rings (SSSR count). The smallest absolute Gasteiger partial charge is 0.186 e. The highest BCUT2D eigenvalue weighted by Gasteiger charge is 2.58. The predicted molar refractivity (Wildman–Crippen MR) is 31.4 cm³/mol. The minimum Gasteiger partial charge on any atom is -0.394 e. The van der Waals surface area contributed by atoms with E-state index in [2.05, 4.69) is 0 Å². The van der Waals surface area contributed by atoms with Crippen LogP contribution in [0.2, 0.25) is 0 Å². The summed E-state index contributed by atoms with van der Waals surface area (Å²) in [6.45, 7) is 0.0149. The molecule has 0 amide bonds. The molecule has 2 aliphatic heterocycles. The van der Waals surface area contributed by atoms with E-state index in [1.165, 1.54) is 0 Å². The van der Waals surface area contributed by atoms with Crippen LogP contribution in [0, 0.1) is 0 Å². The first-order valence-electron chi connectivity index (χ1n) is 3.31. The molecule has 58 valence electrons. The first kappa shape index (κ1) is 6.54. The van der Waals surface area contributed by atoms with Gasteiger partial charge in [-0.15, -0.1) is 0 Å². The first-order chi connectivity index (χ1) is 4.86. The minimum absolute atomic E-state index is 0.0149. The van der Waals surface area contributed by atoms with Crippen LogP contribution < -0.4 is 0 Å². The molecule has 4 atom stereocenters. The Morgan fingerprint density at radius 2 is 2.20 bits per heavy atom. The number of ether oxygens (including phenoxy) is 3. The summed E-state index contributed by atoms with van der Waals surface area (Å²) < 4.78 is 15.3. The molecule has 0 aromatic carbocycles. The number of methoxy groups -OCH3 is 1. The van der Waals surface area contributed by atoms with E-state index in [4.69, 9.17) is 19.3 Å². The third-order valence-corrected chi connectivity index (χ3v) is 1.92. The highest BCUT2D eigenvalue weighted by atomic mass is 16.8. The molecule has 2 fully saturated rings. The van der Waals surface area contributed by atoms with Crippen LogP contribution in [0.5, 0.6) is 0 Å². The molecule has 2 saturated heterocycles. The van der Waals surface area contributed by atoms with Gasteiger partial charge in [0.25, 0.3) is 0 Å². The molecule has 0 aromatic rings. The van der Waals surface area contributed by atoms with Gasteiger partial charge in [-0.2, -0.15) is 0 Å². The van der Waals surface area contributed by atoms with Crippen LogP contribution in [-0.2, 0) is 14.2 Å². The molecule has 2 aliphatic rings. The van der Waals surface area contributed by atoms with Gasteiger partial charge in [-0.1, -0.05) is 0 Å². The summed E-state index contributed by atoms with van der Waals surface area (Å²) in [6, 6.07) is 0. The Balaban J connectivity index is 1.95. The van der Waals surface area contributed by atoms with Gasteiger partial charge in [0.1, 0.15) is 18.3 Å². The molecule has 0 aromatic heterocycles. The van der Waals surface area contributed by atoms with Crippen molar-refractivity contribution in [3.05, 3.63) is 0 Å². The van der Waals surface area contributed by atoms with Crippen molar-refractivity contribution in [2.45, 2.75) is 24.6 Å². The SMILES string of the molecule is CO[C@@H]1O[C@H](CO)[C@@H]2OC12. The molecule has 2 heterocycles. The molecule has 0 spiro atoms. The van der Waals surface area contributed by atoms with Crippen molar-refractivity contribution in [2.75, 3.05) is 13.7 Å². The normalized spacial score (nSPS) is 51.0. The number of hydrogen-bond acceptors (Lipinski definition) is 4. The molecular formula is C6H10O4. The molecule has 0 bridgehead atoms. The second-order valence-electron chi connectivity index (χ2n) is 2.53. The summed E-state index contributed by atoms with van der Waals surface area (Å²) in [7, 11) is 1.57. The van der Waals surface area contributed by atoms with Gasteiger partial charge in [-0.05, 0) is 0 Å². The molecule has 0 aliphatic carbocycles. The summed E-state index contributed by atoms with van der Waals surface area (Å²) in [6.07, 6.45) is -0.283. The van der Waals surface area contributed by atoms with Gasteiger partial charge < -0.3 is 19.3 Å². The van der Waals surface area contributed by atoms with Crippen molar-refractivity contribution in [1.29, 1.82) is 0 Å². The number of aliphatic hydroxyl groups is 1. The van der Waals surface area contributed by atoms with Crippen molar-refractivity contribution < 1.29 is 19.3 Å². The van der Waals surface area contributed by atoms with E-state index in [1.807, 2.05) is 0 Å². The first-order valence-corrected chi connectivity index (χ1v) is 3.31. The number of aliphatic hydroxyl groups excluding tert-OH is 1. The molecule has 0 saturated carbocycles. The van der Waals surface area contributed by atoms with E-state index < -0.39 is 0 Å². The lowest BCUT2D eigenvalue weighted by Crippen LogP contribution is -2.23. The van der Waals surface area contributed by atoms with Crippen LogP contribution in [0.4, 0.5) is 0 Å². The van der Waals surface area contributed by atoms with Crippen molar-refractivity contribution >= 4 is 0 Å². The molecule has 1 N–H and O–H groups in total. The number of rotatable bonds is 2. The van der Waals surface area contributed by atoms with Crippen LogP contribution in [0.3, 0.4) is 0 Å². The maximum atomic E-state index is 8.72. The van der Waals surface area contributed by atoms with Crippen LogP contribution in [0.1, 0.15) is 0 Å². The van der Waals surface area contributed by atoms with Gasteiger partial charge in [0.15, 0.2) is 6.29 Å². The van der Waals surface area contributed by atoms with Crippen molar-refractivity contribution in [2.24, 2.45) is 0 Å². The van der Waals surface area contributed by atoms with Gasteiger partial charge in [0.2, 0.25) is 0 Å². The third-order valence-electron chi connectivity index (χ3n) is 1.92. The van der Waals surface area contributed by atoms with E-state index in [1.54, 1.807) is 7.11 Å². The van der Waals surface area contributed by atoms with E-state index in [0.29, 0.717) is 0 Å². The van der Waals surface area contributed by atoms with E-state index in [-0.39, 0.29) is 31.2 Å². The lowest BCUT2D eigenvalue weighted by Gasteiger charge is -2.13. The van der Waals surface area contributed by atoms with Crippen LogP contribution >= 0.6 is 0 Å². The Hall–Kier alpha value is -0.160. The third kappa shape index (κ3) is 0.769. The molecule has 4 heteroatoms. The second-order valence-corrected chi connectivity index (χ2v) is 2.53. The Kier molecular flexibility index (Phi) is 1.42. The summed E-state index contributed by atoms with van der Waals surface area (Å²) in [5.74, 6) is 0. The van der Waals surface area contributed by atoms with Crippen LogP contribution in [0.15, 0.2) is 0 Å².